The van der Waals surface area contributed by atoms with Gasteiger partial charge in [-0.1, -0.05) is 0 Å². The smallest absolute Gasteiger partial charge is 0.238 e. The average molecular weight is 240 g/mol. The lowest BCUT2D eigenvalue weighted by atomic mass is 10.3. The highest BCUT2D eigenvalue weighted by atomic mass is 32.1. The zero-order valence-electron chi connectivity index (χ0n) is 9.53. The molecule has 1 atom stereocenters. The first-order valence-corrected chi connectivity index (χ1v) is 6.12. The van der Waals surface area contributed by atoms with Crippen LogP contribution in [0.2, 0.25) is 0 Å². The molecule has 0 aliphatic carbocycles. The Morgan fingerprint density at radius 3 is 3.06 bits per heavy atom. The first-order chi connectivity index (χ1) is 7.72. The monoisotopic (exact) mass is 240 g/mol. The summed E-state index contributed by atoms with van der Waals surface area (Å²) in [6, 6.07) is 4.16. The van der Waals surface area contributed by atoms with E-state index in [9.17, 15) is 4.79 Å². The number of nitrogens with one attached hydrogen (secondary N) is 1. The van der Waals surface area contributed by atoms with Gasteiger partial charge in [0, 0.05) is 23.4 Å². The molecular formula is C11H16N2O2S. The van der Waals surface area contributed by atoms with Crippen LogP contribution in [0, 0.1) is 6.92 Å². The maximum absolute atomic E-state index is 11.7. The Morgan fingerprint density at radius 2 is 2.44 bits per heavy atom. The minimum Gasteiger partial charge on any atom is -0.383 e. The lowest BCUT2D eigenvalue weighted by molar-refractivity contribution is -0.128. The number of thiophene rings is 1. The van der Waals surface area contributed by atoms with Crippen LogP contribution in [0.25, 0.3) is 0 Å². The van der Waals surface area contributed by atoms with Crippen molar-refractivity contribution >= 4 is 17.2 Å². The molecule has 5 heteroatoms. The van der Waals surface area contributed by atoms with Gasteiger partial charge in [0.2, 0.25) is 5.91 Å². The van der Waals surface area contributed by atoms with Gasteiger partial charge in [-0.25, -0.2) is 0 Å². The van der Waals surface area contributed by atoms with Crippen LogP contribution in [0.4, 0.5) is 0 Å². The largest absolute Gasteiger partial charge is 0.383 e. The average Bonchev–Trinajstić information content (AvgIpc) is 2.82. The van der Waals surface area contributed by atoms with Crippen molar-refractivity contribution in [2.24, 2.45) is 0 Å². The van der Waals surface area contributed by atoms with Gasteiger partial charge in [-0.05, 0) is 19.1 Å². The summed E-state index contributed by atoms with van der Waals surface area (Å²) in [5.41, 5.74) is 0. The number of ether oxygens (including phenoxy) is 1. The van der Waals surface area contributed by atoms with E-state index in [1.807, 2.05) is 4.90 Å². The molecule has 1 aromatic rings. The molecule has 1 aliphatic heterocycles. The molecule has 1 aromatic heterocycles. The van der Waals surface area contributed by atoms with Crippen LogP contribution < -0.4 is 5.32 Å². The van der Waals surface area contributed by atoms with Crippen LogP contribution >= 0.6 is 11.3 Å². The number of carbonyl (C=O) groups excluding carboxylic acids is 1. The maximum Gasteiger partial charge on any atom is 0.238 e. The molecule has 1 amide bonds. The third kappa shape index (κ3) is 2.26. The Morgan fingerprint density at radius 1 is 1.62 bits per heavy atom. The van der Waals surface area contributed by atoms with E-state index in [1.54, 1.807) is 18.4 Å². The van der Waals surface area contributed by atoms with E-state index in [1.165, 1.54) is 9.75 Å². The molecular weight excluding hydrogens is 224 g/mol. The van der Waals surface area contributed by atoms with Crippen LogP contribution in [0.5, 0.6) is 0 Å². The van der Waals surface area contributed by atoms with Crippen LogP contribution in [0.1, 0.15) is 15.9 Å². The molecule has 0 radical (unpaired) electrons. The van der Waals surface area contributed by atoms with Crippen molar-refractivity contribution in [3.8, 4) is 0 Å². The summed E-state index contributed by atoms with van der Waals surface area (Å²) in [5, 5.41) is 3.23. The number of hydrogen-bond donors (Lipinski definition) is 1. The SMILES string of the molecule is COCCN1C(=O)CNC1c1ccc(C)s1. The van der Waals surface area contributed by atoms with Gasteiger partial charge in [-0.3, -0.25) is 10.1 Å². The molecule has 0 spiro atoms. The molecule has 1 aliphatic rings. The molecule has 1 N–H and O–H groups in total. The quantitative estimate of drug-likeness (QED) is 0.858. The third-order valence-corrected chi connectivity index (χ3v) is 3.70. The van der Waals surface area contributed by atoms with Crippen molar-refractivity contribution in [3.05, 3.63) is 21.9 Å². The summed E-state index contributed by atoms with van der Waals surface area (Å²) in [6.07, 6.45) is 0.0290. The summed E-state index contributed by atoms with van der Waals surface area (Å²) >= 11 is 1.73. The van der Waals surface area contributed by atoms with E-state index in [2.05, 4.69) is 24.4 Å². The van der Waals surface area contributed by atoms with Crippen LogP contribution in [0.3, 0.4) is 0 Å². The maximum atomic E-state index is 11.7. The van der Waals surface area contributed by atoms with E-state index in [0.717, 1.165) is 0 Å². The van der Waals surface area contributed by atoms with Gasteiger partial charge in [0.15, 0.2) is 0 Å². The molecule has 0 saturated carbocycles. The first-order valence-electron chi connectivity index (χ1n) is 5.30. The molecule has 2 heterocycles. The predicted molar refractivity (Wildman–Crippen MR) is 63.4 cm³/mol. The highest BCUT2D eigenvalue weighted by molar-refractivity contribution is 7.12. The van der Waals surface area contributed by atoms with Crippen molar-refractivity contribution < 1.29 is 9.53 Å². The van der Waals surface area contributed by atoms with Gasteiger partial charge in [0.1, 0.15) is 6.17 Å². The minimum atomic E-state index is 0.0290. The number of aryl methyl sites for hydroxylation is 1. The van der Waals surface area contributed by atoms with Gasteiger partial charge < -0.3 is 9.64 Å². The fraction of sp³-hybridized carbons (Fsp3) is 0.545. The topological polar surface area (TPSA) is 41.6 Å². The van der Waals surface area contributed by atoms with Gasteiger partial charge in [0.25, 0.3) is 0 Å². The van der Waals surface area contributed by atoms with Crippen molar-refractivity contribution in [2.75, 3.05) is 26.8 Å². The molecule has 88 valence electrons. The van der Waals surface area contributed by atoms with E-state index in [-0.39, 0.29) is 12.1 Å². The van der Waals surface area contributed by atoms with E-state index < -0.39 is 0 Å². The lowest BCUT2D eigenvalue weighted by Gasteiger charge is -2.22. The number of rotatable bonds is 4. The zero-order chi connectivity index (χ0) is 11.5. The van der Waals surface area contributed by atoms with Crippen molar-refractivity contribution in [1.82, 2.24) is 10.2 Å². The molecule has 4 nitrogen and oxygen atoms in total. The highest BCUT2D eigenvalue weighted by Crippen LogP contribution is 2.28. The van der Waals surface area contributed by atoms with Gasteiger partial charge in [-0.2, -0.15) is 0 Å². The van der Waals surface area contributed by atoms with Crippen LogP contribution in [-0.2, 0) is 9.53 Å². The number of amides is 1. The highest BCUT2D eigenvalue weighted by Gasteiger charge is 2.31. The molecule has 0 bridgehead atoms. The van der Waals surface area contributed by atoms with Crippen molar-refractivity contribution in [1.29, 1.82) is 0 Å². The number of carbonyl (C=O) groups is 1. The normalized spacial score (nSPS) is 20.8. The molecule has 16 heavy (non-hydrogen) atoms. The first kappa shape index (κ1) is 11.6. The molecule has 2 rings (SSSR count). The van der Waals surface area contributed by atoms with Gasteiger partial charge in [0.05, 0.1) is 13.2 Å². The second-order valence-corrected chi connectivity index (χ2v) is 5.13. The van der Waals surface area contributed by atoms with Crippen molar-refractivity contribution in [2.45, 2.75) is 13.1 Å². The Bertz CT molecular complexity index is 378. The molecule has 0 aromatic carbocycles. The summed E-state index contributed by atoms with van der Waals surface area (Å²) in [6.45, 7) is 3.72. The summed E-state index contributed by atoms with van der Waals surface area (Å²) in [4.78, 5) is 16.0. The summed E-state index contributed by atoms with van der Waals surface area (Å²) in [7, 11) is 1.65. The van der Waals surface area contributed by atoms with Crippen LogP contribution in [0.15, 0.2) is 12.1 Å². The minimum absolute atomic E-state index is 0.0290. The van der Waals surface area contributed by atoms with Gasteiger partial charge in [-0.15, -0.1) is 11.3 Å². The predicted octanol–water partition coefficient (Wildman–Crippen LogP) is 1.13. The number of hydrogen-bond acceptors (Lipinski definition) is 4. The van der Waals surface area contributed by atoms with Crippen LogP contribution in [-0.4, -0.2) is 37.6 Å². The second-order valence-electron chi connectivity index (χ2n) is 3.81. The Hall–Kier alpha value is -0.910. The number of methoxy groups -OCH3 is 1. The van der Waals surface area contributed by atoms with Crippen molar-refractivity contribution in [3.63, 3.8) is 0 Å². The second kappa shape index (κ2) is 4.95. The van der Waals surface area contributed by atoms with E-state index >= 15 is 0 Å². The Balaban J connectivity index is 2.11. The zero-order valence-corrected chi connectivity index (χ0v) is 10.3. The Kier molecular flexibility index (Phi) is 3.58. The third-order valence-electron chi connectivity index (χ3n) is 2.65. The van der Waals surface area contributed by atoms with E-state index in [0.29, 0.717) is 19.7 Å². The summed E-state index contributed by atoms with van der Waals surface area (Å²) in [5.74, 6) is 0.146. The fourth-order valence-corrected chi connectivity index (χ4v) is 2.80. The summed E-state index contributed by atoms with van der Waals surface area (Å²) < 4.78 is 5.02. The molecule has 1 saturated heterocycles. The Labute approximate surface area is 99.2 Å². The van der Waals surface area contributed by atoms with E-state index in [4.69, 9.17) is 4.74 Å². The molecule has 1 unspecified atom stereocenters. The van der Waals surface area contributed by atoms with Gasteiger partial charge >= 0.3 is 0 Å². The number of nitrogens with zero attached hydrogens (tertiary/aromatic N) is 1. The molecule has 1 fully saturated rings. The standard InChI is InChI=1S/C11H16N2O2S/c1-8-3-4-9(16-8)11-12-7-10(14)13(11)5-6-15-2/h3-4,11-12H,5-7H2,1-2H3. The fourth-order valence-electron chi connectivity index (χ4n) is 1.84. The lowest BCUT2D eigenvalue weighted by Crippen LogP contribution is -2.32.